The van der Waals surface area contributed by atoms with E-state index in [2.05, 4.69) is 15.3 Å². The second kappa shape index (κ2) is 6.67. The van der Waals surface area contributed by atoms with E-state index in [1.807, 2.05) is 18.2 Å². The summed E-state index contributed by atoms with van der Waals surface area (Å²) in [7, 11) is 0. The zero-order valence-electron chi connectivity index (χ0n) is 11.4. The Morgan fingerprint density at radius 1 is 1.18 bits per heavy atom. The Kier molecular flexibility index (Phi) is 4.45. The van der Waals surface area contributed by atoms with Crippen LogP contribution in [0.4, 0.5) is 5.00 Å². The maximum atomic E-state index is 12.0. The number of hydrogen-bond acceptors (Lipinski definition) is 6. The quantitative estimate of drug-likeness (QED) is 0.588. The van der Waals surface area contributed by atoms with Gasteiger partial charge in [-0.25, -0.2) is 9.97 Å². The van der Waals surface area contributed by atoms with Crippen molar-refractivity contribution in [2.75, 3.05) is 11.1 Å². The minimum atomic E-state index is -0.191. The van der Waals surface area contributed by atoms with E-state index in [4.69, 9.17) is 0 Å². The van der Waals surface area contributed by atoms with Gasteiger partial charge in [-0.2, -0.15) is 0 Å². The molecule has 3 aromatic rings. The molecule has 0 saturated heterocycles. The van der Waals surface area contributed by atoms with E-state index in [0.29, 0.717) is 15.5 Å². The van der Waals surface area contributed by atoms with Crippen molar-refractivity contribution in [2.45, 2.75) is 5.16 Å². The molecular weight excluding hydrogens is 318 g/mol. The lowest BCUT2D eigenvalue weighted by molar-refractivity contribution is -0.113. The Labute approximate surface area is 134 Å². The fourth-order valence-electron chi connectivity index (χ4n) is 1.83. The van der Waals surface area contributed by atoms with E-state index in [1.54, 1.807) is 24.5 Å². The molecule has 0 aliphatic rings. The van der Waals surface area contributed by atoms with E-state index >= 15 is 0 Å². The molecule has 7 heteroatoms. The molecule has 1 N–H and O–H groups in total. The molecule has 5 nitrogen and oxygen atoms in total. The first kappa shape index (κ1) is 14.7. The number of anilines is 1. The third-order valence-corrected chi connectivity index (χ3v) is 4.66. The maximum absolute atomic E-state index is 12.0. The fraction of sp³-hybridized carbons (Fsp3) is 0.0667. The number of benzene rings is 1. The molecular formula is C15H11N3O2S2. The smallest absolute Gasteiger partial charge is 0.235 e. The van der Waals surface area contributed by atoms with Gasteiger partial charge in [0.2, 0.25) is 5.91 Å². The highest BCUT2D eigenvalue weighted by atomic mass is 32.2. The van der Waals surface area contributed by atoms with Gasteiger partial charge in [0, 0.05) is 28.5 Å². The van der Waals surface area contributed by atoms with Crippen LogP contribution < -0.4 is 10.7 Å². The van der Waals surface area contributed by atoms with Crippen molar-refractivity contribution in [3.63, 3.8) is 0 Å². The normalized spacial score (nSPS) is 10.5. The molecule has 2 heterocycles. The molecule has 0 radical (unpaired) electrons. The summed E-state index contributed by atoms with van der Waals surface area (Å²) < 4.78 is 0.851. The first-order valence-corrected chi connectivity index (χ1v) is 8.25. The van der Waals surface area contributed by atoms with Crippen molar-refractivity contribution in [3.05, 3.63) is 59.0 Å². The van der Waals surface area contributed by atoms with Crippen molar-refractivity contribution in [1.82, 2.24) is 9.97 Å². The molecule has 1 amide bonds. The van der Waals surface area contributed by atoms with Crippen LogP contribution >= 0.6 is 23.1 Å². The lowest BCUT2D eigenvalue weighted by Crippen LogP contribution is -2.15. The summed E-state index contributed by atoms with van der Waals surface area (Å²) in [6.45, 7) is 0. The van der Waals surface area contributed by atoms with Crippen molar-refractivity contribution < 1.29 is 4.79 Å². The Bertz CT molecular complexity index is 865. The SMILES string of the molecule is O=C(CSc1ncccn1)Nc1cc(=O)c2ccccc2s1. The van der Waals surface area contributed by atoms with Gasteiger partial charge in [-0.05, 0) is 18.2 Å². The van der Waals surface area contributed by atoms with Gasteiger partial charge in [0.15, 0.2) is 10.6 Å². The van der Waals surface area contributed by atoms with Gasteiger partial charge in [-0.3, -0.25) is 9.59 Å². The number of nitrogens with one attached hydrogen (secondary N) is 1. The van der Waals surface area contributed by atoms with Crippen molar-refractivity contribution >= 4 is 44.1 Å². The molecule has 22 heavy (non-hydrogen) atoms. The Hall–Kier alpha value is -2.25. The summed E-state index contributed by atoms with van der Waals surface area (Å²) >= 11 is 2.63. The first-order chi connectivity index (χ1) is 10.7. The van der Waals surface area contributed by atoms with Crippen molar-refractivity contribution in [3.8, 4) is 0 Å². The van der Waals surface area contributed by atoms with Crippen LogP contribution in [0.15, 0.2) is 58.7 Å². The van der Waals surface area contributed by atoms with Gasteiger partial charge in [0.05, 0.1) is 10.8 Å². The Morgan fingerprint density at radius 2 is 1.95 bits per heavy atom. The number of aromatic nitrogens is 2. The summed E-state index contributed by atoms with van der Waals surface area (Å²) in [5, 5.41) is 4.50. The molecule has 0 atom stereocenters. The van der Waals surface area contributed by atoms with Crippen molar-refractivity contribution in [1.29, 1.82) is 0 Å². The van der Waals surface area contributed by atoms with Crippen LogP contribution in [0, 0.1) is 0 Å². The van der Waals surface area contributed by atoms with Gasteiger partial charge in [0.1, 0.15) is 0 Å². The standard InChI is InChI=1S/C15H11N3O2S2/c19-11-8-14(22-12-5-2-1-4-10(11)12)18-13(20)9-21-15-16-6-3-7-17-15/h1-8H,9H2,(H,18,20). The van der Waals surface area contributed by atoms with Gasteiger partial charge in [-0.15, -0.1) is 11.3 Å². The molecule has 1 aromatic carbocycles. The summed E-state index contributed by atoms with van der Waals surface area (Å²) in [4.78, 5) is 32.0. The first-order valence-electron chi connectivity index (χ1n) is 6.45. The van der Waals surface area contributed by atoms with Gasteiger partial charge in [-0.1, -0.05) is 23.9 Å². The molecule has 0 aliphatic heterocycles. The Balaban J connectivity index is 1.70. The fourth-order valence-corrected chi connectivity index (χ4v) is 3.43. The molecule has 0 fully saturated rings. The molecule has 110 valence electrons. The van der Waals surface area contributed by atoms with Gasteiger partial charge >= 0.3 is 0 Å². The van der Waals surface area contributed by atoms with Gasteiger partial charge in [0.25, 0.3) is 0 Å². The Morgan fingerprint density at radius 3 is 2.77 bits per heavy atom. The molecule has 2 aromatic heterocycles. The lowest BCUT2D eigenvalue weighted by Gasteiger charge is -2.05. The highest BCUT2D eigenvalue weighted by molar-refractivity contribution is 7.99. The van der Waals surface area contributed by atoms with E-state index < -0.39 is 0 Å². The van der Waals surface area contributed by atoms with Crippen LogP contribution in [0.25, 0.3) is 10.1 Å². The average Bonchev–Trinajstić information content (AvgIpc) is 2.54. The summed E-state index contributed by atoms with van der Waals surface area (Å²) in [6, 6.07) is 10.5. The van der Waals surface area contributed by atoms with E-state index in [0.717, 1.165) is 4.70 Å². The van der Waals surface area contributed by atoms with Crippen LogP contribution in [0.2, 0.25) is 0 Å². The topological polar surface area (TPSA) is 72.0 Å². The maximum Gasteiger partial charge on any atom is 0.235 e. The van der Waals surface area contributed by atoms with Crippen LogP contribution in [0.1, 0.15) is 0 Å². The lowest BCUT2D eigenvalue weighted by atomic mass is 10.2. The highest BCUT2D eigenvalue weighted by Crippen LogP contribution is 2.23. The van der Waals surface area contributed by atoms with E-state index in [9.17, 15) is 9.59 Å². The second-order valence-corrected chi connectivity index (χ2v) is 6.37. The van der Waals surface area contributed by atoms with Crippen LogP contribution in [-0.2, 0) is 4.79 Å². The highest BCUT2D eigenvalue weighted by Gasteiger charge is 2.08. The zero-order chi connectivity index (χ0) is 15.4. The minimum Gasteiger partial charge on any atom is -0.317 e. The number of thioether (sulfide) groups is 1. The zero-order valence-corrected chi connectivity index (χ0v) is 13.0. The number of rotatable bonds is 4. The minimum absolute atomic E-state index is 0.0938. The summed E-state index contributed by atoms with van der Waals surface area (Å²) in [5.74, 6) is 0.000902. The molecule has 3 rings (SSSR count). The molecule has 0 aliphatic carbocycles. The summed E-state index contributed by atoms with van der Waals surface area (Å²) in [6.07, 6.45) is 3.25. The number of nitrogens with zero attached hydrogens (tertiary/aromatic N) is 2. The van der Waals surface area contributed by atoms with Crippen molar-refractivity contribution in [2.24, 2.45) is 0 Å². The van der Waals surface area contributed by atoms with Crippen LogP contribution in [0.3, 0.4) is 0 Å². The molecule has 0 unspecified atom stereocenters. The van der Waals surface area contributed by atoms with Gasteiger partial charge < -0.3 is 5.32 Å². The number of carbonyl (C=O) groups is 1. The predicted octanol–water partition coefficient (Wildman–Crippen LogP) is 2.78. The molecule has 0 spiro atoms. The van der Waals surface area contributed by atoms with E-state index in [1.165, 1.54) is 29.2 Å². The summed E-state index contributed by atoms with van der Waals surface area (Å²) in [5.41, 5.74) is -0.0938. The third kappa shape index (κ3) is 3.49. The number of amides is 1. The van der Waals surface area contributed by atoms with Crippen LogP contribution in [0.5, 0.6) is 0 Å². The monoisotopic (exact) mass is 329 g/mol. The largest absolute Gasteiger partial charge is 0.317 e. The molecule has 0 saturated carbocycles. The average molecular weight is 329 g/mol. The third-order valence-electron chi connectivity index (χ3n) is 2.77. The number of carbonyl (C=O) groups excluding carboxylic acids is 1. The molecule has 0 bridgehead atoms. The second-order valence-electron chi connectivity index (χ2n) is 4.34. The van der Waals surface area contributed by atoms with Crippen LogP contribution in [-0.4, -0.2) is 21.6 Å². The van der Waals surface area contributed by atoms with E-state index in [-0.39, 0.29) is 17.1 Å². The number of hydrogen-bond donors (Lipinski definition) is 1. The predicted molar refractivity (Wildman–Crippen MR) is 89.5 cm³/mol. The number of fused-ring (bicyclic) bond motifs is 1.